The molecule has 3 nitrogen and oxygen atoms in total. The molecule has 0 saturated carbocycles. The molecule has 0 unspecified atom stereocenters. The van der Waals surface area contributed by atoms with Gasteiger partial charge < -0.3 is 10.1 Å². The number of aromatic nitrogens is 1. The summed E-state index contributed by atoms with van der Waals surface area (Å²) in [7, 11) is 0. The van der Waals surface area contributed by atoms with Crippen LogP contribution in [0, 0.1) is 0 Å². The van der Waals surface area contributed by atoms with E-state index in [1.54, 1.807) is 0 Å². The van der Waals surface area contributed by atoms with E-state index in [1.165, 1.54) is 5.39 Å². The molecule has 2 aromatic rings. The third-order valence-electron chi connectivity index (χ3n) is 3.13. The quantitative estimate of drug-likeness (QED) is 0.814. The number of pyridine rings is 1. The molecule has 2 heterocycles. The van der Waals surface area contributed by atoms with E-state index in [9.17, 15) is 0 Å². The number of nitrogens with zero attached hydrogens (tertiary/aromatic N) is 1. The van der Waals surface area contributed by atoms with Gasteiger partial charge in [-0.3, -0.25) is 4.98 Å². The molecule has 0 radical (unpaired) electrons. The van der Waals surface area contributed by atoms with E-state index in [2.05, 4.69) is 42.3 Å². The first kappa shape index (κ1) is 10.4. The number of fused-ring (bicyclic) bond motifs is 3. The van der Waals surface area contributed by atoms with E-state index < -0.39 is 0 Å². The van der Waals surface area contributed by atoms with Crippen molar-refractivity contribution in [2.24, 2.45) is 0 Å². The molecule has 0 atom stereocenters. The van der Waals surface area contributed by atoms with Crippen LogP contribution in [-0.4, -0.2) is 18.1 Å². The first-order valence-corrected chi connectivity index (χ1v) is 6.05. The smallest absolute Gasteiger partial charge is 0.151 e. The van der Waals surface area contributed by atoms with Crippen LogP contribution < -0.4 is 10.1 Å². The van der Waals surface area contributed by atoms with Gasteiger partial charge in [-0.25, -0.2) is 0 Å². The van der Waals surface area contributed by atoms with Gasteiger partial charge in [-0.2, -0.15) is 0 Å². The summed E-state index contributed by atoms with van der Waals surface area (Å²) in [6.07, 6.45) is 1.93. The fourth-order valence-corrected chi connectivity index (χ4v) is 2.16. The van der Waals surface area contributed by atoms with E-state index in [4.69, 9.17) is 4.74 Å². The van der Waals surface area contributed by atoms with Crippen molar-refractivity contribution in [3.8, 4) is 5.75 Å². The SMILES string of the molecule is CC(C)c1cc2ccc3c(c2cn1)OCCN3. The van der Waals surface area contributed by atoms with Crippen LogP contribution in [0.2, 0.25) is 0 Å². The van der Waals surface area contributed by atoms with Crippen LogP contribution >= 0.6 is 0 Å². The highest BCUT2D eigenvalue weighted by Gasteiger charge is 2.14. The van der Waals surface area contributed by atoms with Gasteiger partial charge in [-0.1, -0.05) is 19.9 Å². The van der Waals surface area contributed by atoms with Crippen LogP contribution in [0.3, 0.4) is 0 Å². The maximum atomic E-state index is 5.73. The fraction of sp³-hybridized carbons (Fsp3) is 0.357. The van der Waals surface area contributed by atoms with Gasteiger partial charge in [-0.15, -0.1) is 0 Å². The standard InChI is InChI=1S/C14H16N2O/c1-9(2)13-7-10-3-4-12-14(11(10)8-16-13)17-6-5-15-12/h3-4,7-9,15H,5-6H2,1-2H3. The number of ether oxygens (including phenoxy) is 1. The summed E-state index contributed by atoms with van der Waals surface area (Å²) in [5, 5.41) is 5.64. The summed E-state index contributed by atoms with van der Waals surface area (Å²) in [5.41, 5.74) is 2.20. The number of nitrogens with one attached hydrogen (secondary N) is 1. The van der Waals surface area contributed by atoms with Crippen molar-refractivity contribution in [3.63, 3.8) is 0 Å². The largest absolute Gasteiger partial charge is 0.489 e. The summed E-state index contributed by atoms with van der Waals surface area (Å²) in [5.74, 6) is 1.39. The number of rotatable bonds is 1. The summed E-state index contributed by atoms with van der Waals surface area (Å²) in [6.45, 7) is 5.91. The molecule has 88 valence electrons. The maximum absolute atomic E-state index is 5.73. The second-order valence-electron chi connectivity index (χ2n) is 4.70. The number of hydrogen-bond donors (Lipinski definition) is 1. The summed E-state index contributed by atoms with van der Waals surface area (Å²) in [6, 6.07) is 6.36. The van der Waals surface area contributed by atoms with Crippen molar-refractivity contribution in [1.29, 1.82) is 0 Å². The Balaban J connectivity index is 2.20. The van der Waals surface area contributed by atoms with Crippen LogP contribution in [-0.2, 0) is 0 Å². The Kier molecular flexibility index (Phi) is 2.39. The van der Waals surface area contributed by atoms with Crippen LogP contribution in [0.25, 0.3) is 10.8 Å². The molecule has 0 aliphatic carbocycles. The lowest BCUT2D eigenvalue weighted by atomic mass is 10.0. The predicted molar refractivity (Wildman–Crippen MR) is 69.8 cm³/mol. The van der Waals surface area contributed by atoms with Gasteiger partial charge in [0.1, 0.15) is 6.61 Å². The molecule has 1 N–H and O–H groups in total. The van der Waals surface area contributed by atoms with Crippen molar-refractivity contribution in [1.82, 2.24) is 4.98 Å². The second kappa shape index (κ2) is 3.91. The van der Waals surface area contributed by atoms with E-state index in [0.717, 1.165) is 35.7 Å². The van der Waals surface area contributed by atoms with Crippen molar-refractivity contribution in [3.05, 3.63) is 30.1 Å². The average molecular weight is 228 g/mol. The average Bonchev–Trinajstić information content (AvgIpc) is 2.38. The first-order chi connectivity index (χ1) is 8.25. The van der Waals surface area contributed by atoms with Crippen molar-refractivity contribution in [2.75, 3.05) is 18.5 Å². The lowest BCUT2D eigenvalue weighted by Crippen LogP contribution is -2.18. The molecular formula is C14H16N2O. The normalized spacial score (nSPS) is 14.3. The Morgan fingerprint density at radius 2 is 2.24 bits per heavy atom. The topological polar surface area (TPSA) is 34.1 Å². The first-order valence-electron chi connectivity index (χ1n) is 6.05. The molecule has 17 heavy (non-hydrogen) atoms. The molecule has 1 aliphatic rings. The summed E-state index contributed by atoms with van der Waals surface area (Å²) < 4.78 is 5.73. The van der Waals surface area contributed by atoms with Gasteiger partial charge in [0.2, 0.25) is 0 Å². The summed E-state index contributed by atoms with van der Waals surface area (Å²) >= 11 is 0. The molecule has 1 aromatic carbocycles. The maximum Gasteiger partial charge on any atom is 0.151 e. The van der Waals surface area contributed by atoms with Crippen LogP contribution in [0.4, 0.5) is 5.69 Å². The molecule has 1 aromatic heterocycles. The zero-order valence-corrected chi connectivity index (χ0v) is 10.2. The monoisotopic (exact) mass is 228 g/mol. The van der Waals surface area contributed by atoms with Gasteiger partial charge in [0.05, 0.1) is 5.69 Å². The Hall–Kier alpha value is -1.77. The lowest BCUT2D eigenvalue weighted by molar-refractivity contribution is 0.327. The van der Waals surface area contributed by atoms with Crippen molar-refractivity contribution < 1.29 is 4.74 Å². The van der Waals surface area contributed by atoms with Crippen LogP contribution in [0.5, 0.6) is 5.75 Å². The Bertz CT molecular complexity index is 563. The zero-order chi connectivity index (χ0) is 11.8. The van der Waals surface area contributed by atoms with E-state index in [1.807, 2.05) is 6.20 Å². The Morgan fingerprint density at radius 1 is 1.35 bits per heavy atom. The van der Waals surface area contributed by atoms with E-state index in [0.29, 0.717) is 5.92 Å². The van der Waals surface area contributed by atoms with Gasteiger partial charge in [0.25, 0.3) is 0 Å². The molecule has 0 spiro atoms. The van der Waals surface area contributed by atoms with Gasteiger partial charge in [0.15, 0.2) is 5.75 Å². The van der Waals surface area contributed by atoms with Gasteiger partial charge in [0, 0.05) is 23.8 Å². The molecule has 3 rings (SSSR count). The zero-order valence-electron chi connectivity index (χ0n) is 10.2. The van der Waals surface area contributed by atoms with E-state index in [-0.39, 0.29) is 0 Å². The highest BCUT2D eigenvalue weighted by Crippen LogP contribution is 2.35. The number of anilines is 1. The van der Waals surface area contributed by atoms with Gasteiger partial charge in [-0.05, 0) is 23.4 Å². The van der Waals surface area contributed by atoms with Crippen molar-refractivity contribution in [2.45, 2.75) is 19.8 Å². The highest BCUT2D eigenvalue weighted by atomic mass is 16.5. The van der Waals surface area contributed by atoms with Crippen LogP contribution in [0.1, 0.15) is 25.5 Å². The third-order valence-corrected chi connectivity index (χ3v) is 3.13. The minimum atomic E-state index is 0.453. The lowest BCUT2D eigenvalue weighted by Gasteiger charge is -2.20. The minimum Gasteiger partial charge on any atom is -0.489 e. The molecule has 0 fully saturated rings. The third kappa shape index (κ3) is 1.71. The molecule has 3 heteroatoms. The molecule has 0 bridgehead atoms. The van der Waals surface area contributed by atoms with Gasteiger partial charge >= 0.3 is 0 Å². The summed E-state index contributed by atoms with van der Waals surface area (Å²) in [4.78, 5) is 4.51. The highest BCUT2D eigenvalue weighted by molar-refractivity contribution is 5.93. The Morgan fingerprint density at radius 3 is 3.06 bits per heavy atom. The second-order valence-corrected chi connectivity index (χ2v) is 4.70. The predicted octanol–water partition coefficient (Wildman–Crippen LogP) is 3.16. The fourth-order valence-electron chi connectivity index (χ4n) is 2.16. The van der Waals surface area contributed by atoms with Crippen molar-refractivity contribution >= 4 is 16.5 Å². The minimum absolute atomic E-state index is 0.453. The molecule has 1 aliphatic heterocycles. The van der Waals surface area contributed by atoms with E-state index >= 15 is 0 Å². The molecule has 0 amide bonds. The molecule has 0 saturated heterocycles. The number of hydrogen-bond acceptors (Lipinski definition) is 3. The Labute approximate surface area is 101 Å². The van der Waals surface area contributed by atoms with Crippen LogP contribution in [0.15, 0.2) is 24.4 Å². The number of benzene rings is 1. The molecular weight excluding hydrogens is 212 g/mol.